The number of hydrogen-bond acceptors (Lipinski definition) is 2. The number of carboxylic acid groups (broad SMARTS) is 1. The molecule has 0 unspecified atom stereocenters. The third-order valence-electron chi connectivity index (χ3n) is 2.37. The average molecular weight is 222 g/mol. The Kier molecular flexibility index (Phi) is 3.58. The summed E-state index contributed by atoms with van der Waals surface area (Å²) in [6.45, 7) is 7.45. The third kappa shape index (κ3) is 3.26. The molecule has 3 nitrogen and oxygen atoms in total. The summed E-state index contributed by atoms with van der Waals surface area (Å²) in [7, 11) is 0. The van der Waals surface area contributed by atoms with Gasteiger partial charge in [0, 0.05) is 0 Å². The Labute approximate surface area is 96.1 Å². The number of hydrogen-bond donors (Lipinski definition) is 1. The molecule has 0 atom stereocenters. The predicted molar refractivity (Wildman–Crippen MR) is 62.8 cm³/mol. The minimum atomic E-state index is -0.863. The zero-order valence-electron chi connectivity index (χ0n) is 10.2. The zero-order valence-corrected chi connectivity index (χ0v) is 10.2. The number of rotatable bonds is 4. The largest absolute Gasteiger partial charge is 0.492 e. The van der Waals surface area contributed by atoms with Crippen LogP contribution in [-0.2, 0) is 4.79 Å². The Morgan fingerprint density at radius 1 is 1.25 bits per heavy atom. The molecule has 0 saturated heterocycles. The Morgan fingerprint density at radius 2 is 1.75 bits per heavy atom. The fourth-order valence-electron chi connectivity index (χ4n) is 1.34. The van der Waals surface area contributed by atoms with Crippen molar-refractivity contribution in [3.63, 3.8) is 0 Å². The molecular formula is C13H18O3. The number of carbonyl (C=O) groups is 1. The molecule has 0 amide bonds. The minimum Gasteiger partial charge on any atom is -0.492 e. The van der Waals surface area contributed by atoms with Crippen LogP contribution in [0.4, 0.5) is 0 Å². The summed E-state index contributed by atoms with van der Waals surface area (Å²) in [5.41, 5.74) is 1.36. The predicted octanol–water partition coefficient (Wildman–Crippen LogP) is 2.79. The first-order valence-electron chi connectivity index (χ1n) is 5.26. The molecule has 0 bridgehead atoms. The fraction of sp³-hybridized carbons (Fsp3) is 0.462. The van der Waals surface area contributed by atoms with Gasteiger partial charge in [-0.15, -0.1) is 0 Å². The highest BCUT2D eigenvalue weighted by Gasteiger charge is 2.28. The minimum absolute atomic E-state index is 0.172. The molecule has 0 radical (unpaired) electrons. The quantitative estimate of drug-likeness (QED) is 0.852. The van der Waals surface area contributed by atoms with Gasteiger partial charge in [0.15, 0.2) is 0 Å². The fourth-order valence-corrected chi connectivity index (χ4v) is 1.34. The van der Waals surface area contributed by atoms with E-state index in [2.05, 4.69) is 6.07 Å². The lowest BCUT2D eigenvalue weighted by Crippen LogP contribution is -2.30. The second-order valence-electron chi connectivity index (χ2n) is 4.80. The van der Waals surface area contributed by atoms with Gasteiger partial charge in [0.2, 0.25) is 0 Å². The number of aryl methyl sites for hydroxylation is 2. The average Bonchev–Trinajstić information content (AvgIpc) is 2.13. The maximum Gasteiger partial charge on any atom is 0.312 e. The van der Waals surface area contributed by atoms with Gasteiger partial charge in [-0.2, -0.15) is 0 Å². The summed E-state index contributed by atoms with van der Waals surface area (Å²) in [6.07, 6.45) is 0. The van der Waals surface area contributed by atoms with E-state index in [-0.39, 0.29) is 6.61 Å². The van der Waals surface area contributed by atoms with E-state index in [4.69, 9.17) is 9.84 Å². The van der Waals surface area contributed by atoms with Gasteiger partial charge in [0.25, 0.3) is 0 Å². The van der Waals surface area contributed by atoms with Crippen LogP contribution in [0.15, 0.2) is 18.2 Å². The van der Waals surface area contributed by atoms with Crippen LogP contribution in [-0.4, -0.2) is 17.7 Å². The van der Waals surface area contributed by atoms with E-state index >= 15 is 0 Å². The van der Waals surface area contributed by atoms with Gasteiger partial charge in [-0.1, -0.05) is 6.07 Å². The van der Waals surface area contributed by atoms with E-state index in [0.717, 1.165) is 16.9 Å². The third-order valence-corrected chi connectivity index (χ3v) is 2.37. The Balaban J connectivity index is 2.71. The summed E-state index contributed by atoms with van der Waals surface area (Å²) in [5, 5.41) is 8.95. The van der Waals surface area contributed by atoms with Crippen molar-refractivity contribution in [2.75, 3.05) is 6.61 Å². The van der Waals surface area contributed by atoms with Crippen LogP contribution in [0.25, 0.3) is 0 Å². The van der Waals surface area contributed by atoms with Crippen LogP contribution in [0.5, 0.6) is 5.75 Å². The second-order valence-corrected chi connectivity index (χ2v) is 4.80. The van der Waals surface area contributed by atoms with Crippen molar-refractivity contribution in [2.24, 2.45) is 5.41 Å². The molecular weight excluding hydrogens is 204 g/mol. The van der Waals surface area contributed by atoms with E-state index < -0.39 is 11.4 Å². The van der Waals surface area contributed by atoms with Crippen LogP contribution >= 0.6 is 0 Å². The van der Waals surface area contributed by atoms with E-state index in [1.54, 1.807) is 13.8 Å². The molecule has 0 heterocycles. The van der Waals surface area contributed by atoms with Crippen molar-refractivity contribution in [3.05, 3.63) is 29.3 Å². The standard InChI is InChI=1S/C13H18O3/c1-9-5-10(2)7-11(6-9)16-8-13(3,4)12(14)15/h5-7H,8H2,1-4H3,(H,14,15). The van der Waals surface area contributed by atoms with Crippen molar-refractivity contribution >= 4 is 5.97 Å². The first kappa shape index (κ1) is 12.6. The van der Waals surface area contributed by atoms with Gasteiger partial charge >= 0.3 is 5.97 Å². The van der Waals surface area contributed by atoms with Gasteiger partial charge in [0.1, 0.15) is 12.4 Å². The lowest BCUT2D eigenvalue weighted by atomic mass is 9.95. The van der Waals surface area contributed by atoms with Crippen molar-refractivity contribution in [3.8, 4) is 5.75 Å². The van der Waals surface area contributed by atoms with Crippen LogP contribution in [0, 0.1) is 19.3 Å². The molecule has 16 heavy (non-hydrogen) atoms. The lowest BCUT2D eigenvalue weighted by Gasteiger charge is -2.19. The molecule has 3 heteroatoms. The maximum absolute atomic E-state index is 10.9. The Morgan fingerprint density at radius 3 is 2.19 bits per heavy atom. The summed E-state index contributed by atoms with van der Waals surface area (Å²) in [6, 6.07) is 5.87. The van der Waals surface area contributed by atoms with E-state index in [0.29, 0.717) is 0 Å². The lowest BCUT2D eigenvalue weighted by molar-refractivity contribution is -0.148. The molecule has 0 aliphatic heterocycles. The van der Waals surface area contributed by atoms with E-state index in [9.17, 15) is 4.79 Å². The van der Waals surface area contributed by atoms with Gasteiger partial charge in [0.05, 0.1) is 5.41 Å². The molecule has 0 fully saturated rings. The summed E-state index contributed by atoms with van der Waals surface area (Å²) in [5.74, 6) is -0.122. The summed E-state index contributed by atoms with van der Waals surface area (Å²) < 4.78 is 5.51. The molecule has 0 aliphatic rings. The zero-order chi connectivity index (χ0) is 12.3. The molecule has 1 N–H and O–H groups in total. The number of benzene rings is 1. The van der Waals surface area contributed by atoms with E-state index in [1.807, 2.05) is 26.0 Å². The maximum atomic E-state index is 10.9. The molecule has 1 rings (SSSR count). The first-order chi connectivity index (χ1) is 7.31. The van der Waals surface area contributed by atoms with Gasteiger partial charge < -0.3 is 9.84 Å². The second kappa shape index (κ2) is 4.56. The van der Waals surface area contributed by atoms with Gasteiger partial charge in [-0.25, -0.2) is 0 Å². The first-order valence-corrected chi connectivity index (χ1v) is 5.26. The smallest absolute Gasteiger partial charge is 0.312 e. The van der Waals surface area contributed by atoms with Crippen LogP contribution in [0.2, 0.25) is 0 Å². The van der Waals surface area contributed by atoms with Crippen molar-refractivity contribution in [1.29, 1.82) is 0 Å². The monoisotopic (exact) mass is 222 g/mol. The molecule has 88 valence electrons. The Bertz CT molecular complexity index is 374. The molecule has 0 aromatic heterocycles. The highest BCUT2D eigenvalue weighted by Crippen LogP contribution is 2.21. The molecule has 0 saturated carbocycles. The van der Waals surface area contributed by atoms with Crippen molar-refractivity contribution in [2.45, 2.75) is 27.7 Å². The molecule has 1 aromatic carbocycles. The highest BCUT2D eigenvalue weighted by atomic mass is 16.5. The van der Waals surface area contributed by atoms with Crippen molar-refractivity contribution in [1.82, 2.24) is 0 Å². The van der Waals surface area contributed by atoms with Crippen LogP contribution in [0.3, 0.4) is 0 Å². The number of ether oxygens (including phenoxy) is 1. The van der Waals surface area contributed by atoms with Gasteiger partial charge in [-0.3, -0.25) is 4.79 Å². The normalized spacial score (nSPS) is 11.2. The highest BCUT2D eigenvalue weighted by molar-refractivity contribution is 5.73. The van der Waals surface area contributed by atoms with Crippen LogP contribution in [0.1, 0.15) is 25.0 Å². The van der Waals surface area contributed by atoms with Crippen molar-refractivity contribution < 1.29 is 14.6 Å². The van der Waals surface area contributed by atoms with E-state index in [1.165, 1.54) is 0 Å². The van der Waals surface area contributed by atoms with Crippen LogP contribution < -0.4 is 4.74 Å². The summed E-state index contributed by atoms with van der Waals surface area (Å²) >= 11 is 0. The summed E-state index contributed by atoms with van der Waals surface area (Å²) in [4.78, 5) is 10.9. The molecule has 0 aliphatic carbocycles. The van der Waals surface area contributed by atoms with Gasteiger partial charge in [-0.05, 0) is 51.0 Å². The Hall–Kier alpha value is -1.51. The molecule has 0 spiro atoms. The SMILES string of the molecule is Cc1cc(C)cc(OCC(C)(C)C(=O)O)c1. The molecule has 1 aromatic rings. The topological polar surface area (TPSA) is 46.5 Å². The number of aliphatic carboxylic acids is 1. The number of carboxylic acids is 1.